The van der Waals surface area contributed by atoms with Gasteiger partial charge in [0.05, 0.1) is 5.56 Å². The summed E-state index contributed by atoms with van der Waals surface area (Å²) in [6.07, 6.45) is 6.89. The molecule has 0 atom stereocenters. The molecule has 196 valence electrons. The average molecular weight is 507 g/mol. The number of hydrogen-bond donors (Lipinski definition) is 2. The number of amides is 3. The molecule has 2 N–H and O–H groups in total. The molecule has 0 spiro atoms. The summed E-state index contributed by atoms with van der Waals surface area (Å²) in [6, 6.07) is 11.5. The summed E-state index contributed by atoms with van der Waals surface area (Å²) >= 11 is 0. The van der Waals surface area contributed by atoms with Crippen LogP contribution in [0.5, 0.6) is 0 Å². The van der Waals surface area contributed by atoms with Gasteiger partial charge in [0, 0.05) is 55.9 Å². The molecular formula is C29H35FN4O3. The second kappa shape index (κ2) is 11.3. The maximum atomic E-state index is 13.4. The van der Waals surface area contributed by atoms with Crippen LogP contribution in [0.2, 0.25) is 0 Å². The van der Waals surface area contributed by atoms with Crippen LogP contribution in [0.1, 0.15) is 60.9 Å². The molecule has 0 bridgehead atoms. The fourth-order valence-electron chi connectivity index (χ4n) is 5.35. The lowest BCUT2D eigenvalue weighted by atomic mass is 10.1. The molecule has 3 fully saturated rings. The van der Waals surface area contributed by atoms with Crippen molar-refractivity contribution < 1.29 is 18.8 Å². The highest BCUT2D eigenvalue weighted by molar-refractivity contribution is 6.02. The molecule has 5 rings (SSSR count). The number of nitrogens with one attached hydrogen (secondary N) is 2. The first-order valence-corrected chi connectivity index (χ1v) is 13.5. The first-order valence-electron chi connectivity index (χ1n) is 13.5. The van der Waals surface area contributed by atoms with Crippen LogP contribution in [0.3, 0.4) is 0 Å². The number of anilines is 2. The van der Waals surface area contributed by atoms with E-state index in [0.29, 0.717) is 24.3 Å². The summed E-state index contributed by atoms with van der Waals surface area (Å²) in [5, 5.41) is 5.89. The molecule has 2 aliphatic carbocycles. The number of hydrogen-bond acceptors (Lipinski definition) is 4. The van der Waals surface area contributed by atoms with Crippen molar-refractivity contribution >= 4 is 29.1 Å². The Bertz CT molecular complexity index is 1140. The molecule has 2 aromatic rings. The van der Waals surface area contributed by atoms with E-state index in [1.807, 2.05) is 17.0 Å². The maximum Gasteiger partial charge on any atom is 0.253 e. The van der Waals surface area contributed by atoms with Crippen LogP contribution in [0.4, 0.5) is 15.8 Å². The van der Waals surface area contributed by atoms with Crippen LogP contribution in [0, 0.1) is 17.7 Å². The van der Waals surface area contributed by atoms with E-state index >= 15 is 0 Å². The fraction of sp³-hybridized carbons (Fsp3) is 0.483. The van der Waals surface area contributed by atoms with Crippen molar-refractivity contribution in [1.82, 2.24) is 10.2 Å². The van der Waals surface area contributed by atoms with Crippen LogP contribution in [0.15, 0.2) is 42.5 Å². The van der Waals surface area contributed by atoms with Gasteiger partial charge < -0.3 is 20.4 Å². The molecule has 0 unspecified atom stereocenters. The van der Waals surface area contributed by atoms with Gasteiger partial charge in [0.25, 0.3) is 5.91 Å². The molecule has 0 radical (unpaired) electrons. The van der Waals surface area contributed by atoms with Gasteiger partial charge >= 0.3 is 0 Å². The van der Waals surface area contributed by atoms with Gasteiger partial charge in [-0.1, -0.05) is 25.0 Å². The number of benzene rings is 2. The summed E-state index contributed by atoms with van der Waals surface area (Å²) in [4.78, 5) is 42.9. The van der Waals surface area contributed by atoms with Gasteiger partial charge in [-0.25, -0.2) is 4.39 Å². The van der Waals surface area contributed by atoms with Crippen molar-refractivity contribution in [3.63, 3.8) is 0 Å². The van der Waals surface area contributed by atoms with Crippen molar-refractivity contribution in [2.24, 2.45) is 11.8 Å². The van der Waals surface area contributed by atoms with Crippen LogP contribution >= 0.6 is 0 Å². The number of halogens is 1. The third-order valence-electron chi connectivity index (χ3n) is 7.68. The third kappa shape index (κ3) is 6.29. The van der Waals surface area contributed by atoms with E-state index in [1.165, 1.54) is 12.1 Å². The highest BCUT2D eigenvalue weighted by Gasteiger charge is 2.31. The summed E-state index contributed by atoms with van der Waals surface area (Å²) in [5.41, 5.74) is 2.66. The van der Waals surface area contributed by atoms with Gasteiger partial charge in [0.2, 0.25) is 11.8 Å². The van der Waals surface area contributed by atoms with Gasteiger partial charge in [0.15, 0.2) is 0 Å². The molecular weight excluding hydrogens is 471 g/mol. The maximum absolute atomic E-state index is 13.4. The van der Waals surface area contributed by atoms with E-state index in [2.05, 4.69) is 15.5 Å². The number of rotatable bonds is 7. The Hall–Kier alpha value is -3.42. The van der Waals surface area contributed by atoms with Crippen LogP contribution in [-0.2, 0) is 16.1 Å². The Kier molecular flexibility index (Phi) is 7.72. The summed E-state index contributed by atoms with van der Waals surface area (Å²) in [7, 11) is 0. The molecule has 1 saturated heterocycles. The molecule has 2 saturated carbocycles. The minimum absolute atomic E-state index is 0.0127. The van der Waals surface area contributed by atoms with E-state index in [4.69, 9.17) is 0 Å². The first kappa shape index (κ1) is 25.2. The topological polar surface area (TPSA) is 81.8 Å². The second-order valence-corrected chi connectivity index (χ2v) is 10.5. The van der Waals surface area contributed by atoms with Crippen LogP contribution in [-0.4, -0.2) is 48.8 Å². The monoisotopic (exact) mass is 506 g/mol. The first-order chi connectivity index (χ1) is 18.0. The lowest BCUT2D eigenvalue weighted by Gasteiger charge is -2.27. The lowest BCUT2D eigenvalue weighted by Crippen LogP contribution is -2.38. The molecule has 7 nitrogen and oxygen atoms in total. The normalized spacial score (nSPS) is 18.4. The van der Waals surface area contributed by atoms with Gasteiger partial charge in [-0.15, -0.1) is 0 Å². The van der Waals surface area contributed by atoms with Crippen LogP contribution < -0.4 is 15.5 Å². The highest BCUT2D eigenvalue weighted by Crippen LogP contribution is 2.32. The zero-order chi connectivity index (χ0) is 25.8. The molecule has 8 heteroatoms. The number of carbonyl (C=O) groups excluding carboxylic acids is 3. The van der Waals surface area contributed by atoms with Crippen molar-refractivity contribution in [3.05, 3.63) is 59.4 Å². The molecule has 0 aromatic heterocycles. The fourth-order valence-corrected chi connectivity index (χ4v) is 5.35. The van der Waals surface area contributed by atoms with Gasteiger partial charge in [-0.2, -0.15) is 0 Å². The van der Waals surface area contributed by atoms with Crippen molar-refractivity contribution in [2.75, 3.05) is 36.4 Å². The SMILES string of the molecule is O=C(NCc1ccc(F)cc1)c1cc(NC(=O)C2CC2)ccc1N1CCCN(C(=O)C2CCCC2)CC1. The Balaban J connectivity index is 1.32. The van der Waals surface area contributed by atoms with E-state index < -0.39 is 0 Å². The summed E-state index contributed by atoms with van der Waals surface area (Å²) in [6.45, 7) is 3.01. The van der Waals surface area contributed by atoms with Gasteiger partial charge in [-0.05, 0) is 68.0 Å². The highest BCUT2D eigenvalue weighted by atomic mass is 19.1. The zero-order valence-electron chi connectivity index (χ0n) is 21.2. The minimum Gasteiger partial charge on any atom is -0.369 e. The van der Waals surface area contributed by atoms with E-state index in [-0.39, 0.29) is 41.9 Å². The predicted octanol–water partition coefficient (Wildman–Crippen LogP) is 4.33. The van der Waals surface area contributed by atoms with E-state index in [1.54, 1.807) is 18.2 Å². The number of nitrogens with zero attached hydrogens (tertiary/aromatic N) is 2. The molecule has 3 aliphatic rings. The number of carbonyl (C=O) groups is 3. The van der Waals surface area contributed by atoms with E-state index in [9.17, 15) is 18.8 Å². The lowest BCUT2D eigenvalue weighted by molar-refractivity contribution is -0.135. The smallest absolute Gasteiger partial charge is 0.253 e. The standard InChI is InChI=1S/C29H35FN4O3/c30-23-10-6-20(7-11-23)19-31-28(36)25-18-24(32-27(35)21-8-9-21)12-13-26(25)33-14-3-15-34(17-16-33)29(37)22-4-1-2-5-22/h6-7,10-13,18,21-22H,1-5,8-9,14-17,19H2,(H,31,36)(H,32,35). The largest absolute Gasteiger partial charge is 0.369 e. The summed E-state index contributed by atoms with van der Waals surface area (Å²) in [5.74, 6) is -0.0998. The molecule has 1 aliphatic heterocycles. The molecule has 37 heavy (non-hydrogen) atoms. The third-order valence-corrected chi connectivity index (χ3v) is 7.68. The van der Waals surface area contributed by atoms with Crippen molar-refractivity contribution in [2.45, 2.75) is 51.5 Å². The Morgan fingerprint density at radius 3 is 2.32 bits per heavy atom. The minimum atomic E-state index is -0.321. The quantitative estimate of drug-likeness (QED) is 0.586. The zero-order valence-corrected chi connectivity index (χ0v) is 21.2. The van der Waals surface area contributed by atoms with Gasteiger partial charge in [0.1, 0.15) is 5.82 Å². The predicted molar refractivity (Wildman–Crippen MR) is 141 cm³/mol. The Morgan fingerprint density at radius 1 is 0.838 bits per heavy atom. The van der Waals surface area contributed by atoms with Crippen molar-refractivity contribution in [3.8, 4) is 0 Å². The summed E-state index contributed by atoms with van der Waals surface area (Å²) < 4.78 is 13.3. The van der Waals surface area contributed by atoms with Crippen LogP contribution in [0.25, 0.3) is 0 Å². The molecule has 2 aromatic carbocycles. The molecule has 3 amide bonds. The Labute approximate surface area is 217 Å². The Morgan fingerprint density at radius 2 is 1.59 bits per heavy atom. The van der Waals surface area contributed by atoms with Crippen molar-refractivity contribution in [1.29, 1.82) is 0 Å². The second-order valence-electron chi connectivity index (χ2n) is 10.5. The van der Waals surface area contributed by atoms with Gasteiger partial charge in [-0.3, -0.25) is 14.4 Å². The average Bonchev–Trinajstić information content (AvgIpc) is 3.67. The molecule has 1 heterocycles. The van der Waals surface area contributed by atoms with E-state index in [0.717, 1.165) is 69.3 Å².